The van der Waals surface area contributed by atoms with E-state index in [9.17, 15) is 0 Å². The summed E-state index contributed by atoms with van der Waals surface area (Å²) in [4.78, 5) is 2.41. The molecule has 21 heavy (non-hydrogen) atoms. The van der Waals surface area contributed by atoms with Gasteiger partial charge in [-0.1, -0.05) is 49.3 Å². The second-order valence-electron chi connectivity index (χ2n) is 5.98. The molecule has 0 aliphatic carbocycles. The van der Waals surface area contributed by atoms with Gasteiger partial charge in [0, 0.05) is 19.5 Å². The van der Waals surface area contributed by atoms with E-state index in [2.05, 4.69) is 54.2 Å². The van der Waals surface area contributed by atoms with E-state index in [4.69, 9.17) is 10.9 Å². The van der Waals surface area contributed by atoms with Crippen LogP contribution in [0.15, 0.2) is 35.5 Å². The van der Waals surface area contributed by atoms with E-state index in [-0.39, 0.29) is 0 Å². The van der Waals surface area contributed by atoms with E-state index in [1.54, 1.807) is 0 Å². The Morgan fingerprint density at radius 1 is 1.19 bits per heavy atom. The predicted octanol–water partition coefficient (Wildman–Crippen LogP) is 3.10. The molecule has 0 bridgehead atoms. The Kier molecular flexibility index (Phi) is 8.51. The summed E-state index contributed by atoms with van der Waals surface area (Å²) in [6.07, 6.45) is 4.14. The molecule has 0 atom stereocenters. The Bertz CT molecular complexity index is 404. The summed E-state index contributed by atoms with van der Waals surface area (Å²) in [5.41, 5.74) is 6.96. The van der Waals surface area contributed by atoms with Gasteiger partial charge in [0.05, 0.1) is 0 Å². The molecule has 0 spiro atoms. The van der Waals surface area contributed by atoms with Crippen LogP contribution in [0.1, 0.15) is 38.7 Å². The Labute approximate surface area is 128 Å². The zero-order valence-corrected chi connectivity index (χ0v) is 13.3. The van der Waals surface area contributed by atoms with Crippen LogP contribution in [0.4, 0.5) is 0 Å². The molecular weight excluding hydrogens is 262 g/mol. The van der Waals surface area contributed by atoms with Crippen molar-refractivity contribution in [3.8, 4) is 0 Å². The lowest BCUT2D eigenvalue weighted by Gasteiger charge is -2.24. The van der Waals surface area contributed by atoms with Crippen LogP contribution >= 0.6 is 0 Å². The molecule has 0 aliphatic heterocycles. The Hall–Kier alpha value is -1.55. The first-order chi connectivity index (χ1) is 10.1. The van der Waals surface area contributed by atoms with Crippen molar-refractivity contribution in [1.29, 1.82) is 0 Å². The van der Waals surface area contributed by atoms with E-state index in [0.29, 0.717) is 18.2 Å². The number of benzene rings is 1. The maximum atomic E-state index is 8.61. The summed E-state index contributed by atoms with van der Waals surface area (Å²) in [7, 11) is 0. The molecular formula is C17H29N3O. The van der Waals surface area contributed by atoms with Gasteiger partial charge in [-0.05, 0) is 37.3 Å². The average Bonchev–Trinajstić information content (AvgIpc) is 2.49. The molecule has 0 saturated carbocycles. The fourth-order valence-electron chi connectivity index (χ4n) is 2.44. The van der Waals surface area contributed by atoms with Gasteiger partial charge in [0.25, 0.3) is 0 Å². The van der Waals surface area contributed by atoms with Gasteiger partial charge in [-0.2, -0.15) is 0 Å². The van der Waals surface area contributed by atoms with Gasteiger partial charge in [0.1, 0.15) is 5.84 Å². The van der Waals surface area contributed by atoms with Gasteiger partial charge in [0.2, 0.25) is 0 Å². The largest absolute Gasteiger partial charge is 0.409 e. The predicted molar refractivity (Wildman–Crippen MR) is 88.7 cm³/mol. The van der Waals surface area contributed by atoms with Crippen molar-refractivity contribution in [2.75, 3.05) is 19.6 Å². The molecule has 0 heterocycles. The lowest BCUT2D eigenvalue weighted by molar-refractivity contribution is 0.244. The number of unbranched alkanes of at least 4 members (excludes halogenated alkanes) is 1. The summed E-state index contributed by atoms with van der Waals surface area (Å²) in [6.45, 7) is 7.44. The molecule has 0 fully saturated rings. The highest BCUT2D eigenvalue weighted by Gasteiger charge is 2.08. The van der Waals surface area contributed by atoms with Crippen molar-refractivity contribution >= 4 is 5.84 Å². The number of rotatable bonds is 10. The summed E-state index contributed by atoms with van der Waals surface area (Å²) in [5, 5.41) is 11.7. The van der Waals surface area contributed by atoms with Crippen molar-refractivity contribution < 1.29 is 5.21 Å². The molecule has 4 nitrogen and oxygen atoms in total. The van der Waals surface area contributed by atoms with Crippen molar-refractivity contribution in [3.05, 3.63) is 35.9 Å². The van der Waals surface area contributed by atoms with E-state index in [0.717, 1.165) is 26.1 Å². The summed E-state index contributed by atoms with van der Waals surface area (Å²) in [5.74, 6) is 0.944. The van der Waals surface area contributed by atoms with Crippen LogP contribution in [-0.2, 0) is 6.42 Å². The minimum Gasteiger partial charge on any atom is -0.409 e. The first kappa shape index (κ1) is 17.5. The topological polar surface area (TPSA) is 61.8 Å². The standard InChI is InChI=1S/C17H29N3O/c1-15(2)14-20(13-11-17(18)19-21)12-7-6-10-16-8-4-3-5-9-16/h3-5,8-9,15,21H,6-7,10-14H2,1-2H3,(H2,18,19). The highest BCUT2D eigenvalue weighted by molar-refractivity contribution is 5.79. The van der Waals surface area contributed by atoms with E-state index >= 15 is 0 Å². The van der Waals surface area contributed by atoms with Gasteiger partial charge >= 0.3 is 0 Å². The van der Waals surface area contributed by atoms with Crippen LogP contribution < -0.4 is 5.73 Å². The number of nitrogens with zero attached hydrogens (tertiary/aromatic N) is 2. The molecule has 0 aliphatic rings. The molecule has 1 aromatic rings. The Balaban J connectivity index is 2.28. The summed E-state index contributed by atoms with van der Waals surface area (Å²) >= 11 is 0. The van der Waals surface area contributed by atoms with Crippen molar-refractivity contribution in [3.63, 3.8) is 0 Å². The maximum Gasteiger partial charge on any atom is 0.140 e. The normalized spacial score (nSPS) is 12.3. The van der Waals surface area contributed by atoms with Gasteiger partial charge in [0.15, 0.2) is 0 Å². The fraction of sp³-hybridized carbons (Fsp3) is 0.588. The zero-order valence-electron chi connectivity index (χ0n) is 13.3. The SMILES string of the molecule is CC(C)CN(CCCCc1ccccc1)CC/C(N)=N/O. The van der Waals surface area contributed by atoms with Crippen molar-refractivity contribution in [2.24, 2.45) is 16.8 Å². The fourth-order valence-corrected chi connectivity index (χ4v) is 2.44. The molecule has 4 heteroatoms. The third-order valence-electron chi connectivity index (χ3n) is 3.47. The van der Waals surface area contributed by atoms with E-state index in [1.165, 1.54) is 18.4 Å². The number of aryl methyl sites for hydroxylation is 1. The van der Waals surface area contributed by atoms with Gasteiger partial charge in [-0.25, -0.2) is 0 Å². The molecule has 118 valence electrons. The van der Waals surface area contributed by atoms with Crippen LogP contribution in [0, 0.1) is 5.92 Å². The number of nitrogens with two attached hydrogens (primary N) is 1. The van der Waals surface area contributed by atoms with Crippen LogP contribution in [0.2, 0.25) is 0 Å². The molecule has 0 amide bonds. The van der Waals surface area contributed by atoms with Gasteiger partial charge in [-0.3, -0.25) is 0 Å². The van der Waals surface area contributed by atoms with Gasteiger partial charge < -0.3 is 15.8 Å². The average molecular weight is 291 g/mol. The Morgan fingerprint density at radius 3 is 2.52 bits per heavy atom. The first-order valence-electron chi connectivity index (χ1n) is 7.84. The third-order valence-corrected chi connectivity index (χ3v) is 3.47. The number of hydrogen-bond donors (Lipinski definition) is 2. The first-order valence-corrected chi connectivity index (χ1v) is 7.84. The minimum absolute atomic E-state index is 0.313. The number of hydrogen-bond acceptors (Lipinski definition) is 3. The second-order valence-corrected chi connectivity index (χ2v) is 5.98. The van der Waals surface area contributed by atoms with E-state index in [1.807, 2.05) is 0 Å². The van der Waals surface area contributed by atoms with Gasteiger partial charge in [-0.15, -0.1) is 0 Å². The highest BCUT2D eigenvalue weighted by Crippen LogP contribution is 2.07. The summed E-state index contributed by atoms with van der Waals surface area (Å²) in [6, 6.07) is 10.6. The molecule has 0 saturated heterocycles. The molecule has 0 radical (unpaired) electrons. The number of oxime groups is 1. The molecule has 0 aromatic heterocycles. The summed E-state index contributed by atoms with van der Waals surface area (Å²) < 4.78 is 0. The van der Waals surface area contributed by atoms with Crippen LogP contribution in [-0.4, -0.2) is 35.6 Å². The lowest BCUT2D eigenvalue weighted by atomic mass is 10.1. The molecule has 1 aromatic carbocycles. The molecule has 3 N–H and O–H groups in total. The van der Waals surface area contributed by atoms with Crippen LogP contribution in [0.5, 0.6) is 0 Å². The monoisotopic (exact) mass is 291 g/mol. The van der Waals surface area contributed by atoms with Crippen molar-refractivity contribution in [1.82, 2.24) is 4.90 Å². The quantitative estimate of drug-likeness (QED) is 0.229. The van der Waals surface area contributed by atoms with E-state index < -0.39 is 0 Å². The highest BCUT2D eigenvalue weighted by atomic mass is 16.4. The zero-order chi connectivity index (χ0) is 15.5. The third kappa shape index (κ3) is 8.35. The second kappa shape index (κ2) is 10.2. The molecule has 0 unspecified atom stereocenters. The smallest absolute Gasteiger partial charge is 0.140 e. The molecule has 1 rings (SSSR count). The van der Waals surface area contributed by atoms with Crippen LogP contribution in [0.25, 0.3) is 0 Å². The number of amidine groups is 1. The Morgan fingerprint density at radius 2 is 1.90 bits per heavy atom. The lowest BCUT2D eigenvalue weighted by Crippen LogP contribution is -2.32. The van der Waals surface area contributed by atoms with Crippen molar-refractivity contribution in [2.45, 2.75) is 39.5 Å². The van der Waals surface area contributed by atoms with Crippen LogP contribution in [0.3, 0.4) is 0 Å². The minimum atomic E-state index is 0.313. The maximum absolute atomic E-state index is 8.61.